The number of fused-ring (bicyclic) bond motifs is 1. The molecule has 1 heterocycles. The summed E-state index contributed by atoms with van der Waals surface area (Å²) in [5.41, 5.74) is 4.18. The molecule has 0 amide bonds. The summed E-state index contributed by atoms with van der Waals surface area (Å²) in [6.45, 7) is 4.11. The van der Waals surface area contributed by atoms with Gasteiger partial charge in [-0.15, -0.1) is 0 Å². The highest BCUT2D eigenvalue weighted by Crippen LogP contribution is 2.42. The Bertz CT molecular complexity index is 819. The number of methoxy groups -OCH3 is 1. The summed E-state index contributed by atoms with van der Waals surface area (Å²) in [6.07, 6.45) is 0.601. The zero-order valence-corrected chi connectivity index (χ0v) is 17.9. The maximum Gasteiger partial charge on any atom is 0.141 e. The van der Waals surface area contributed by atoms with Gasteiger partial charge in [-0.2, -0.15) is 0 Å². The lowest BCUT2D eigenvalue weighted by molar-refractivity contribution is -0.0525. The van der Waals surface area contributed by atoms with E-state index >= 15 is 0 Å². The van der Waals surface area contributed by atoms with E-state index in [1.807, 2.05) is 31.2 Å². The van der Waals surface area contributed by atoms with Gasteiger partial charge in [-0.05, 0) is 49.1 Å². The molecular weight excluding hydrogens is 392 g/mol. The molecule has 3 unspecified atom stereocenters. The number of ether oxygens (including phenoxy) is 3. The minimum absolute atomic E-state index is 0.139. The first-order valence-electron chi connectivity index (χ1n) is 9.97. The van der Waals surface area contributed by atoms with E-state index in [0.717, 1.165) is 40.2 Å². The fraction of sp³-hybridized carbons (Fsp3) is 0.478. The number of aliphatic hydroxyl groups excluding tert-OH is 2. The van der Waals surface area contributed by atoms with Crippen molar-refractivity contribution in [1.82, 2.24) is 0 Å². The second kappa shape index (κ2) is 9.81. The molecule has 5 nitrogen and oxygen atoms in total. The van der Waals surface area contributed by atoms with Crippen LogP contribution in [0.1, 0.15) is 48.6 Å². The van der Waals surface area contributed by atoms with E-state index in [9.17, 15) is 10.2 Å². The van der Waals surface area contributed by atoms with Crippen LogP contribution in [0.3, 0.4) is 0 Å². The third-order valence-corrected chi connectivity index (χ3v) is 5.64. The molecule has 0 fully saturated rings. The number of hydrogen-bond acceptors (Lipinski definition) is 5. The molecule has 1 aliphatic heterocycles. The van der Waals surface area contributed by atoms with Crippen molar-refractivity contribution in [3.05, 3.63) is 57.6 Å². The largest absolute Gasteiger partial charge is 0.497 e. The molecule has 0 radical (unpaired) electrons. The lowest BCUT2D eigenvalue weighted by Gasteiger charge is -2.24. The lowest BCUT2D eigenvalue weighted by atomic mass is 9.94. The molecule has 2 aromatic carbocycles. The van der Waals surface area contributed by atoms with Gasteiger partial charge in [-0.3, -0.25) is 0 Å². The van der Waals surface area contributed by atoms with Crippen LogP contribution in [0.4, 0.5) is 0 Å². The fourth-order valence-electron chi connectivity index (χ4n) is 3.78. The van der Waals surface area contributed by atoms with Gasteiger partial charge in [0.25, 0.3) is 0 Å². The second-order valence-electron chi connectivity index (χ2n) is 7.54. The highest BCUT2D eigenvalue weighted by Gasteiger charge is 2.27. The molecular formula is C23H29ClO5. The summed E-state index contributed by atoms with van der Waals surface area (Å²) >= 11 is 6.68. The third kappa shape index (κ3) is 5.23. The molecule has 0 saturated heterocycles. The van der Waals surface area contributed by atoms with E-state index in [1.165, 1.54) is 0 Å². The van der Waals surface area contributed by atoms with Crippen LogP contribution in [0.15, 0.2) is 30.3 Å². The molecule has 3 atom stereocenters. The van der Waals surface area contributed by atoms with Crippen LogP contribution in [0.2, 0.25) is 5.02 Å². The zero-order valence-electron chi connectivity index (χ0n) is 17.2. The van der Waals surface area contributed by atoms with Gasteiger partial charge in [0.15, 0.2) is 0 Å². The molecule has 3 rings (SSSR count). The van der Waals surface area contributed by atoms with E-state index in [1.54, 1.807) is 14.0 Å². The molecule has 29 heavy (non-hydrogen) atoms. The highest BCUT2D eigenvalue weighted by molar-refractivity contribution is 6.33. The van der Waals surface area contributed by atoms with Crippen molar-refractivity contribution in [3.8, 4) is 11.5 Å². The van der Waals surface area contributed by atoms with Gasteiger partial charge in [0.05, 0.1) is 43.7 Å². The van der Waals surface area contributed by atoms with E-state index in [2.05, 4.69) is 6.07 Å². The van der Waals surface area contributed by atoms with E-state index in [4.69, 9.17) is 25.8 Å². The monoisotopic (exact) mass is 420 g/mol. The average Bonchev–Trinajstić information content (AvgIpc) is 3.20. The van der Waals surface area contributed by atoms with E-state index in [-0.39, 0.29) is 12.7 Å². The Morgan fingerprint density at radius 2 is 1.93 bits per heavy atom. The number of hydrogen-bond donors (Lipinski definition) is 2. The Balaban J connectivity index is 1.88. The summed E-state index contributed by atoms with van der Waals surface area (Å²) < 4.78 is 17.1. The van der Waals surface area contributed by atoms with Crippen LogP contribution >= 0.6 is 11.6 Å². The molecule has 2 N–H and O–H groups in total. The van der Waals surface area contributed by atoms with Crippen LogP contribution in [-0.4, -0.2) is 42.7 Å². The molecule has 2 aromatic rings. The highest BCUT2D eigenvalue weighted by atomic mass is 35.5. The summed E-state index contributed by atoms with van der Waals surface area (Å²) in [4.78, 5) is 0. The quantitative estimate of drug-likeness (QED) is 0.639. The van der Waals surface area contributed by atoms with E-state index < -0.39 is 12.2 Å². The summed E-state index contributed by atoms with van der Waals surface area (Å²) in [7, 11) is 1.65. The lowest BCUT2D eigenvalue weighted by Crippen LogP contribution is -2.24. The molecule has 6 heteroatoms. The number of benzene rings is 2. The maximum absolute atomic E-state index is 9.64. The Morgan fingerprint density at radius 1 is 1.21 bits per heavy atom. The van der Waals surface area contributed by atoms with Gasteiger partial charge < -0.3 is 24.4 Å². The van der Waals surface area contributed by atoms with Crippen LogP contribution in [-0.2, 0) is 17.6 Å². The van der Waals surface area contributed by atoms with Gasteiger partial charge in [-0.25, -0.2) is 0 Å². The van der Waals surface area contributed by atoms with Gasteiger partial charge in [0.2, 0.25) is 0 Å². The summed E-state index contributed by atoms with van der Waals surface area (Å²) in [5, 5.41) is 19.9. The fourth-order valence-corrected chi connectivity index (χ4v) is 4.07. The minimum atomic E-state index is -0.538. The smallest absolute Gasteiger partial charge is 0.141 e. The predicted molar refractivity (Wildman–Crippen MR) is 113 cm³/mol. The van der Waals surface area contributed by atoms with Crippen molar-refractivity contribution in [3.63, 3.8) is 0 Å². The Labute approximate surface area is 177 Å². The van der Waals surface area contributed by atoms with Gasteiger partial charge in [0, 0.05) is 18.4 Å². The van der Waals surface area contributed by atoms with Gasteiger partial charge in [-0.1, -0.05) is 29.8 Å². The topological polar surface area (TPSA) is 68.2 Å². The van der Waals surface area contributed by atoms with Crippen molar-refractivity contribution < 1.29 is 24.4 Å². The van der Waals surface area contributed by atoms with Crippen molar-refractivity contribution in [2.24, 2.45) is 0 Å². The summed E-state index contributed by atoms with van der Waals surface area (Å²) in [6, 6.07) is 9.99. The Hall–Kier alpha value is -1.79. The first-order valence-corrected chi connectivity index (χ1v) is 10.3. The van der Waals surface area contributed by atoms with Gasteiger partial charge >= 0.3 is 0 Å². The molecule has 1 aliphatic rings. The minimum Gasteiger partial charge on any atom is -0.497 e. The molecule has 158 valence electrons. The SMILES string of the molecule is COc1ccc(Cc2cc(C(C)OC(CO)CC(C)O)c3c(c2Cl)OCC3)cc1. The Kier molecular flexibility index (Phi) is 7.41. The van der Waals surface area contributed by atoms with Crippen LogP contribution in [0.5, 0.6) is 11.5 Å². The number of rotatable bonds is 9. The molecule has 0 spiro atoms. The third-order valence-electron chi connectivity index (χ3n) is 5.23. The van der Waals surface area contributed by atoms with Crippen LogP contribution < -0.4 is 9.47 Å². The Morgan fingerprint density at radius 3 is 2.55 bits per heavy atom. The number of aliphatic hydroxyl groups is 2. The molecule has 0 aliphatic carbocycles. The van der Waals surface area contributed by atoms with Crippen molar-refractivity contribution in [1.29, 1.82) is 0 Å². The van der Waals surface area contributed by atoms with Crippen molar-refractivity contribution in [2.45, 2.75) is 51.4 Å². The first kappa shape index (κ1) is 21.9. The standard InChI is InChI=1S/C23H29ClO5/c1-14(26)10-19(13-25)29-15(2)21-12-17(22(24)23-20(21)8-9-28-23)11-16-4-6-18(27-3)7-5-16/h4-7,12,14-15,19,25-26H,8-11,13H2,1-3H3. The van der Waals surface area contributed by atoms with Crippen molar-refractivity contribution >= 4 is 11.6 Å². The zero-order chi connectivity index (χ0) is 21.0. The maximum atomic E-state index is 9.64. The average molecular weight is 421 g/mol. The normalized spacial score (nSPS) is 16.1. The summed E-state index contributed by atoms with van der Waals surface area (Å²) in [5.74, 6) is 1.55. The van der Waals surface area contributed by atoms with E-state index in [0.29, 0.717) is 24.5 Å². The van der Waals surface area contributed by atoms with Gasteiger partial charge in [0.1, 0.15) is 11.5 Å². The van der Waals surface area contributed by atoms with Crippen LogP contribution in [0, 0.1) is 0 Å². The van der Waals surface area contributed by atoms with Crippen LogP contribution in [0.25, 0.3) is 0 Å². The number of halogens is 1. The van der Waals surface area contributed by atoms with Crippen molar-refractivity contribution in [2.75, 3.05) is 20.3 Å². The molecule has 0 bridgehead atoms. The first-order chi connectivity index (χ1) is 13.9. The second-order valence-corrected chi connectivity index (χ2v) is 7.92. The predicted octanol–water partition coefficient (Wildman–Crippen LogP) is 4.08. The molecule has 0 aromatic heterocycles. The molecule has 0 saturated carbocycles.